The molecule has 6 heteroatoms. The van der Waals surface area contributed by atoms with Crippen LogP contribution in [0.2, 0.25) is 0 Å². The third-order valence-corrected chi connectivity index (χ3v) is 5.36. The summed E-state index contributed by atoms with van der Waals surface area (Å²) in [4.78, 5) is 0. The molecule has 0 bridgehead atoms. The molecular formula is C10H19N3O2S. The zero-order valence-electron chi connectivity index (χ0n) is 9.81. The van der Waals surface area contributed by atoms with Gasteiger partial charge in [-0.1, -0.05) is 6.92 Å². The minimum absolute atomic E-state index is 0.0358. The first-order valence-corrected chi connectivity index (χ1v) is 7.11. The standard InChI is InChI=1S/C10H19N3O2S/c1-3-10(8-11)16(14,15)13(2)9-4-6-12-7-5-9/h9-10,12H,3-7H2,1-2H3. The van der Waals surface area contributed by atoms with Gasteiger partial charge in [0.15, 0.2) is 5.25 Å². The number of nitriles is 1. The van der Waals surface area contributed by atoms with Gasteiger partial charge < -0.3 is 5.32 Å². The highest BCUT2D eigenvalue weighted by Crippen LogP contribution is 2.18. The highest BCUT2D eigenvalue weighted by molar-refractivity contribution is 7.90. The lowest BCUT2D eigenvalue weighted by Crippen LogP contribution is -2.46. The van der Waals surface area contributed by atoms with Crippen LogP contribution >= 0.6 is 0 Å². The maximum atomic E-state index is 12.1. The van der Waals surface area contributed by atoms with Crippen molar-refractivity contribution in [3.63, 3.8) is 0 Å². The van der Waals surface area contributed by atoms with E-state index < -0.39 is 15.3 Å². The molecule has 1 heterocycles. The van der Waals surface area contributed by atoms with Crippen LogP contribution in [0.5, 0.6) is 0 Å². The van der Waals surface area contributed by atoms with Gasteiger partial charge >= 0.3 is 0 Å². The Morgan fingerprint density at radius 1 is 1.50 bits per heavy atom. The Morgan fingerprint density at radius 2 is 2.06 bits per heavy atom. The number of hydrogen-bond acceptors (Lipinski definition) is 4. The van der Waals surface area contributed by atoms with Crippen LogP contribution in [0.3, 0.4) is 0 Å². The molecule has 0 aromatic carbocycles. The van der Waals surface area contributed by atoms with E-state index in [9.17, 15) is 8.42 Å². The summed E-state index contributed by atoms with van der Waals surface area (Å²) >= 11 is 0. The van der Waals surface area contributed by atoms with E-state index in [0.717, 1.165) is 25.9 Å². The third kappa shape index (κ3) is 2.73. The van der Waals surface area contributed by atoms with Crippen molar-refractivity contribution < 1.29 is 8.42 Å². The Bertz CT molecular complexity index is 355. The van der Waals surface area contributed by atoms with Gasteiger partial charge in [0, 0.05) is 13.1 Å². The summed E-state index contributed by atoms with van der Waals surface area (Å²) in [5, 5.41) is 11.1. The van der Waals surface area contributed by atoms with Crippen molar-refractivity contribution in [2.75, 3.05) is 20.1 Å². The van der Waals surface area contributed by atoms with E-state index in [-0.39, 0.29) is 6.04 Å². The van der Waals surface area contributed by atoms with Crippen molar-refractivity contribution in [3.8, 4) is 6.07 Å². The van der Waals surface area contributed by atoms with E-state index in [2.05, 4.69) is 5.32 Å². The monoisotopic (exact) mass is 245 g/mol. The quantitative estimate of drug-likeness (QED) is 0.773. The topological polar surface area (TPSA) is 73.2 Å². The van der Waals surface area contributed by atoms with Gasteiger partial charge in [0.25, 0.3) is 0 Å². The summed E-state index contributed by atoms with van der Waals surface area (Å²) in [6.07, 6.45) is 1.98. The van der Waals surface area contributed by atoms with Crippen LogP contribution in [-0.4, -0.2) is 44.2 Å². The molecule has 1 rings (SSSR count). The average molecular weight is 245 g/mol. The van der Waals surface area contributed by atoms with Crippen LogP contribution in [-0.2, 0) is 10.0 Å². The van der Waals surface area contributed by atoms with Gasteiger partial charge in [0.05, 0.1) is 6.07 Å². The molecule has 1 aliphatic rings. The molecule has 1 fully saturated rings. The number of nitrogens with zero attached hydrogens (tertiary/aromatic N) is 2. The van der Waals surface area contributed by atoms with Crippen LogP contribution in [0.1, 0.15) is 26.2 Å². The summed E-state index contributed by atoms with van der Waals surface area (Å²) in [7, 11) is -1.87. The highest BCUT2D eigenvalue weighted by atomic mass is 32.2. The first-order valence-electron chi connectivity index (χ1n) is 5.61. The lowest BCUT2D eigenvalue weighted by Gasteiger charge is -2.31. The molecule has 16 heavy (non-hydrogen) atoms. The summed E-state index contributed by atoms with van der Waals surface area (Å²) in [5.74, 6) is 0. The van der Waals surface area contributed by atoms with Crippen LogP contribution in [0.25, 0.3) is 0 Å². The average Bonchev–Trinajstić information content (AvgIpc) is 2.30. The second-order valence-electron chi connectivity index (χ2n) is 4.07. The van der Waals surface area contributed by atoms with Crippen molar-refractivity contribution in [1.82, 2.24) is 9.62 Å². The summed E-state index contributed by atoms with van der Waals surface area (Å²) in [6.45, 7) is 3.41. The van der Waals surface area contributed by atoms with Crippen molar-refractivity contribution in [1.29, 1.82) is 5.26 Å². The minimum Gasteiger partial charge on any atom is -0.317 e. The molecule has 0 aromatic heterocycles. The largest absolute Gasteiger partial charge is 0.317 e. The fourth-order valence-electron chi connectivity index (χ4n) is 1.95. The van der Waals surface area contributed by atoms with Gasteiger partial charge in [-0.25, -0.2) is 12.7 Å². The maximum Gasteiger partial charge on any atom is 0.230 e. The first-order chi connectivity index (χ1) is 7.54. The van der Waals surface area contributed by atoms with Crippen LogP contribution in [0.15, 0.2) is 0 Å². The van der Waals surface area contributed by atoms with Gasteiger partial charge in [0.2, 0.25) is 10.0 Å². The zero-order chi connectivity index (χ0) is 12.2. The highest BCUT2D eigenvalue weighted by Gasteiger charge is 2.33. The van der Waals surface area contributed by atoms with Crippen molar-refractivity contribution in [3.05, 3.63) is 0 Å². The number of sulfonamides is 1. The molecular weight excluding hydrogens is 226 g/mol. The Labute approximate surface area is 97.5 Å². The van der Waals surface area contributed by atoms with E-state index in [1.54, 1.807) is 14.0 Å². The van der Waals surface area contributed by atoms with Gasteiger partial charge in [-0.05, 0) is 32.4 Å². The van der Waals surface area contributed by atoms with Crippen LogP contribution in [0, 0.1) is 11.3 Å². The second kappa shape index (κ2) is 5.62. The molecule has 0 amide bonds. The molecule has 1 saturated heterocycles. The molecule has 1 unspecified atom stereocenters. The fraction of sp³-hybridized carbons (Fsp3) is 0.900. The SMILES string of the molecule is CCC(C#N)S(=O)(=O)N(C)C1CCNCC1. The molecule has 1 aliphatic heterocycles. The van der Waals surface area contributed by atoms with E-state index >= 15 is 0 Å². The number of nitrogens with one attached hydrogen (secondary N) is 1. The van der Waals surface area contributed by atoms with E-state index in [1.165, 1.54) is 4.31 Å². The first kappa shape index (κ1) is 13.4. The summed E-state index contributed by atoms with van der Waals surface area (Å²) in [6, 6.07) is 1.90. The van der Waals surface area contributed by atoms with Gasteiger partial charge in [-0.2, -0.15) is 5.26 Å². The number of piperidine rings is 1. The molecule has 0 radical (unpaired) electrons. The molecule has 1 atom stereocenters. The number of hydrogen-bond donors (Lipinski definition) is 1. The molecule has 0 saturated carbocycles. The van der Waals surface area contributed by atoms with Gasteiger partial charge in [-0.3, -0.25) is 0 Å². The lowest BCUT2D eigenvalue weighted by atomic mass is 10.1. The van der Waals surface area contributed by atoms with Crippen molar-refractivity contribution >= 4 is 10.0 Å². The van der Waals surface area contributed by atoms with Crippen molar-refractivity contribution in [2.24, 2.45) is 0 Å². The molecule has 0 aliphatic carbocycles. The smallest absolute Gasteiger partial charge is 0.230 e. The Hall–Kier alpha value is -0.640. The van der Waals surface area contributed by atoms with E-state index in [4.69, 9.17) is 5.26 Å². The predicted octanol–water partition coefficient (Wildman–Crippen LogP) is 0.302. The maximum absolute atomic E-state index is 12.1. The molecule has 0 spiro atoms. The second-order valence-corrected chi connectivity index (χ2v) is 6.24. The Balaban J connectivity index is 2.78. The van der Waals surface area contributed by atoms with E-state index in [1.807, 2.05) is 6.07 Å². The Kier molecular flexibility index (Phi) is 4.71. The molecule has 0 aromatic rings. The van der Waals surface area contributed by atoms with Crippen LogP contribution < -0.4 is 5.32 Å². The molecule has 92 valence electrons. The van der Waals surface area contributed by atoms with Crippen LogP contribution in [0.4, 0.5) is 0 Å². The number of rotatable bonds is 4. The lowest BCUT2D eigenvalue weighted by molar-refractivity contribution is 0.295. The zero-order valence-corrected chi connectivity index (χ0v) is 10.6. The summed E-state index contributed by atoms with van der Waals surface area (Å²) in [5.41, 5.74) is 0. The van der Waals surface area contributed by atoms with Gasteiger partial charge in [0.1, 0.15) is 0 Å². The summed E-state index contributed by atoms with van der Waals surface area (Å²) < 4.78 is 25.5. The minimum atomic E-state index is -3.46. The van der Waals surface area contributed by atoms with Gasteiger partial charge in [-0.15, -0.1) is 0 Å². The normalized spacial score (nSPS) is 20.6. The third-order valence-electron chi connectivity index (χ3n) is 3.10. The fourth-order valence-corrected chi connectivity index (χ4v) is 3.53. The van der Waals surface area contributed by atoms with E-state index in [0.29, 0.717) is 6.42 Å². The molecule has 1 N–H and O–H groups in total. The molecule has 5 nitrogen and oxygen atoms in total. The van der Waals surface area contributed by atoms with Crippen molar-refractivity contribution in [2.45, 2.75) is 37.5 Å². The predicted molar refractivity (Wildman–Crippen MR) is 62.3 cm³/mol. The Morgan fingerprint density at radius 3 is 2.50 bits per heavy atom.